The van der Waals surface area contributed by atoms with Crippen molar-refractivity contribution in [2.45, 2.75) is 24.8 Å². The Morgan fingerprint density at radius 1 is 1.47 bits per heavy atom. The number of sulfonamides is 1. The van der Waals surface area contributed by atoms with Crippen LogP contribution in [0.25, 0.3) is 0 Å². The highest BCUT2D eigenvalue weighted by Gasteiger charge is 2.25. The van der Waals surface area contributed by atoms with E-state index in [1.165, 1.54) is 26.4 Å². The number of hydrogen-bond donors (Lipinski definition) is 2. The van der Waals surface area contributed by atoms with Crippen molar-refractivity contribution in [2.75, 3.05) is 6.54 Å². The molecule has 0 aliphatic rings. The summed E-state index contributed by atoms with van der Waals surface area (Å²) in [7, 11) is -3.76. The SMILES string of the molecule is Cc1noc(C)c1S(=O)(=O)NC[C@H](O)c1ccoc1. The summed E-state index contributed by atoms with van der Waals surface area (Å²) in [6, 6.07) is 1.56. The zero-order valence-electron chi connectivity index (χ0n) is 10.5. The predicted octanol–water partition coefficient (Wildman–Crippen LogP) is 0.896. The highest BCUT2D eigenvalue weighted by atomic mass is 32.2. The van der Waals surface area contributed by atoms with E-state index in [2.05, 4.69) is 9.88 Å². The zero-order chi connectivity index (χ0) is 14.0. The Labute approximate surface area is 110 Å². The summed E-state index contributed by atoms with van der Waals surface area (Å²) in [5, 5.41) is 13.4. The molecule has 0 aliphatic heterocycles. The summed E-state index contributed by atoms with van der Waals surface area (Å²) >= 11 is 0. The quantitative estimate of drug-likeness (QED) is 0.845. The van der Waals surface area contributed by atoms with Crippen LogP contribution in [0, 0.1) is 13.8 Å². The van der Waals surface area contributed by atoms with Crippen molar-refractivity contribution in [2.24, 2.45) is 0 Å². The number of rotatable bonds is 5. The molecule has 19 heavy (non-hydrogen) atoms. The van der Waals surface area contributed by atoms with Crippen molar-refractivity contribution >= 4 is 10.0 Å². The van der Waals surface area contributed by atoms with Gasteiger partial charge in [-0.05, 0) is 19.9 Å². The number of nitrogens with one attached hydrogen (secondary N) is 1. The maximum absolute atomic E-state index is 12.1. The van der Waals surface area contributed by atoms with Crippen LogP contribution in [-0.4, -0.2) is 25.2 Å². The van der Waals surface area contributed by atoms with E-state index in [1.807, 2.05) is 0 Å². The predicted molar refractivity (Wildman–Crippen MR) is 64.8 cm³/mol. The van der Waals surface area contributed by atoms with Gasteiger partial charge in [0.15, 0.2) is 5.76 Å². The molecule has 0 amide bonds. The van der Waals surface area contributed by atoms with Gasteiger partial charge in [0, 0.05) is 12.1 Å². The Morgan fingerprint density at radius 3 is 2.74 bits per heavy atom. The molecule has 0 aromatic carbocycles. The second kappa shape index (κ2) is 5.16. The number of aromatic nitrogens is 1. The average Bonchev–Trinajstić information content (AvgIpc) is 2.96. The molecule has 2 N–H and O–H groups in total. The number of nitrogens with zero attached hydrogens (tertiary/aromatic N) is 1. The largest absolute Gasteiger partial charge is 0.472 e. The lowest BCUT2D eigenvalue weighted by atomic mass is 10.2. The lowest BCUT2D eigenvalue weighted by Crippen LogP contribution is -2.29. The fraction of sp³-hybridized carbons (Fsp3) is 0.364. The molecule has 0 unspecified atom stereocenters. The molecule has 104 valence electrons. The van der Waals surface area contributed by atoms with E-state index in [9.17, 15) is 13.5 Å². The molecule has 0 aliphatic carbocycles. The molecule has 0 saturated carbocycles. The van der Waals surface area contributed by atoms with Gasteiger partial charge < -0.3 is 14.0 Å². The number of aryl methyl sites for hydroxylation is 2. The highest BCUT2D eigenvalue weighted by Crippen LogP contribution is 2.19. The summed E-state index contributed by atoms with van der Waals surface area (Å²) in [6.07, 6.45) is 1.78. The van der Waals surface area contributed by atoms with Crippen LogP contribution in [0.2, 0.25) is 0 Å². The Morgan fingerprint density at radius 2 is 2.21 bits per heavy atom. The molecule has 0 spiro atoms. The second-order valence-electron chi connectivity index (χ2n) is 4.08. The van der Waals surface area contributed by atoms with E-state index in [-0.39, 0.29) is 22.9 Å². The zero-order valence-corrected chi connectivity index (χ0v) is 11.3. The van der Waals surface area contributed by atoms with Gasteiger partial charge >= 0.3 is 0 Å². The van der Waals surface area contributed by atoms with Crippen LogP contribution in [0.15, 0.2) is 32.4 Å². The van der Waals surface area contributed by atoms with Crippen molar-refractivity contribution in [3.05, 3.63) is 35.6 Å². The molecule has 7 nitrogen and oxygen atoms in total. The summed E-state index contributed by atoms with van der Waals surface area (Å²) in [5.41, 5.74) is 0.782. The van der Waals surface area contributed by atoms with E-state index >= 15 is 0 Å². The van der Waals surface area contributed by atoms with E-state index in [0.29, 0.717) is 5.56 Å². The highest BCUT2D eigenvalue weighted by molar-refractivity contribution is 7.89. The van der Waals surface area contributed by atoms with Crippen LogP contribution in [0.5, 0.6) is 0 Å². The van der Waals surface area contributed by atoms with Gasteiger partial charge in [-0.1, -0.05) is 5.16 Å². The van der Waals surface area contributed by atoms with Crippen LogP contribution < -0.4 is 4.72 Å². The molecule has 2 aromatic rings. The molecule has 0 fully saturated rings. The van der Waals surface area contributed by atoms with Crippen molar-refractivity contribution in [3.8, 4) is 0 Å². The monoisotopic (exact) mass is 286 g/mol. The van der Waals surface area contributed by atoms with Crippen LogP contribution in [-0.2, 0) is 10.0 Å². The Hall–Kier alpha value is -1.64. The topological polar surface area (TPSA) is 106 Å². The fourth-order valence-electron chi connectivity index (χ4n) is 1.70. The van der Waals surface area contributed by atoms with Gasteiger partial charge in [-0.3, -0.25) is 0 Å². The lowest BCUT2D eigenvalue weighted by Gasteiger charge is -2.10. The first-order chi connectivity index (χ1) is 8.92. The van der Waals surface area contributed by atoms with Gasteiger partial charge in [0.1, 0.15) is 10.6 Å². The maximum atomic E-state index is 12.1. The first-order valence-corrected chi connectivity index (χ1v) is 7.03. The van der Waals surface area contributed by atoms with Crippen LogP contribution in [0.1, 0.15) is 23.1 Å². The van der Waals surface area contributed by atoms with E-state index < -0.39 is 16.1 Å². The fourth-order valence-corrected chi connectivity index (χ4v) is 3.07. The van der Waals surface area contributed by atoms with E-state index in [1.54, 1.807) is 6.07 Å². The van der Waals surface area contributed by atoms with Gasteiger partial charge in [-0.15, -0.1) is 0 Å². The van der Waals surface area contributed by atoms with Crippen molar-refractivity contribution in [1.29, 1.82) is 0 Å². The summed E-state index contributed by atoms with van der Waals surface area (Å²) < 4.78 is 36.1. The summed E-state index contributed by atoms with van der Waals surface area (Å²) in [4.78, 5) is 0.00638. The summed E-state index contributed by atoms with van der Waals surface area (Å²) in [5.74, 6) is 0.211. The molecule has 2 aromatic heterocycles. The first kappa shape index (κ1) is 13.8. The minimum absolute atomic E-state index is 0.00638. The minimum Gasteiger partial charge on any atom is -0.472 e. The van der Waals surface area contributed by atoms with Gasteiger partial charge in [0.05, 0.1) is 18.6 Å². The van der Waals surface area contributed by atoms with Crippen LogP contribution in [0.3, 0.4) is 0 Å². The molecule has 0 radical (unpaired) electrons. The molecule has 2 heterocycles. The minimum atomic E-state index is -3.76. The van der Waals surface area contributed by atoms with E-state index in [0.717, 1.165) is 0 Å². The van der Waals surface area contributed by atoms with Gasteiger partial charge in [0.2, 0.25) is 10.0 Å². The summed E-state index contributed by atoms with van der Waals surface area (Å²) in [6.45, 7) is 2.89. The number of aliphatic hydroxyl groups excluding tert-OH is 1. The first-order valence-electron chi connectivity index (χ1n) is 5.54. The third-order valence-corrected chi connectivity index (χ3v) is 4.30. The molecular weight excluding hydrogens is 272 g/mol. The molecule has 8 heteroatoms. The third kappa shape index (κ3) is 2.86. The van der Waals surface area contributed by atoms with Crippen molar-refractivity contribution in [1.82, 2.24) is 9.88 Å². The van der Waals surface area contributed by atoms with Crippen molar-refractivity contribution < 1.29 is 22.5 Å². The van der Waals surface area contributed by atoms with Gasteiger partial charge in [0.25, 0.3) is 0 Å². The Bertz CT molecular complexity index is 625. The Kier molecular flexibility index (Phi) is 3.74. The normalized spacial score (nSPS) is 13.6. The van der Waals surface area contributed by atoms with Gasteiger partial charge in [-0.2, -0.15) is 0 Å². The maximum Gasteiger partial charge on any atom is 0.246 e. The lowest BCUT2D eigenvalue weighted by molar-refractivity contribution is 0.181. The Balaban J connectivity index is 2.11. The average molecular weight is 286 g/mol. The number of hydrogen-bond acceptors (Lipinski definition) is 6. The second-order valence-corrected chi connectivity index (χ2v) is 5.78. The molecule has 0 saturated heterocycles. The number of furan rings is 1. The smallest absolute Gasteiger partial charge is 0.246 e. The third-order valence-electron chi connectivity index (χ3n) is 2.63. The van der Waals surface area contributed by atoms with Crippen LogP contribution in [0.4, 0.5) is 0 Å². The van der Waals surface area contributed by atoms with E-state index in [4.69, 9.17) is 8.94 Å². The van der Waals surface area contributed by atoms with Crippen molar-refractivity contribution in [3.63, 3.8) is 0 Å². The van der Waals surface area contributed by atoms with Crippen LogP contribution >= 0.6 is 0 Å². The van der Waals surface area contributed by atoms with Gasteiger partial charge in [-0.25, -0.2) is 13.1 Å². The molecule has 1 atom stereocenters. The molecule has 2 rings (SSSR count). The molecular formula is C11H14N2O5S. The standard InChI is InChI=1S/C11H14N2O5S/c1-7-11(8(2)18-13-7)19(15,16)12-5-10(14)9-3-4-17-6-9/h3-4,6,10,12,14H,5H2,1-2H3/t10-/m0/s1. The number of aliphatic hydroxyl groups is 1. The molecule has 0 bridgehead atoms.